The molecular formula is C10H20N2. The van der Waals surface area contributed by atoms with E-state index >= 15 is 0 Å². The molecule has 0 saturated carbocycles. The van der Waals surface area contributed by atoms with Crippen molar-refractivity contribution in [1.29, 1.82) is 0 Å². The molecule has 0 aliphatic heterocycles. The van der Waals surface area contributed by atoms with Crippen molar-refractivity contribution < 1.29 is 0 Å². The Kier molecular flexibility index (Phi) is 5.43. The first-order valence-corrected chi connectivity index (χ1v) is 4.50. The van der Waals surface area contributed by atoms with Gasteiger partial charge in [-0.15, -0.1) is 0 Å². The normalized spacial score (nSPS) is 16.1. The third-order valence-corrected chi connectivity index (χ3v) is 1.83. The second-order valence-corrected chi connectivity index (χ2v) is 3.11. The largest absolute Gasteiger partial charge is 0.392 e. The lowest BCUT2D eigenvalue weighted by atomic mass is 10.2. The van der Waals surface area contributed by atoms with Crippen molar-refractivity contribution in [3.63, 3.8) is 0 Å². The minimum atomic E-state index is 0.436. The molecule has 0 radical (unpaired) electrons. The molecule has 70 valence electrons. The topological polar surface area (TPSA) is 24.4 Å². The second kappa shape index (κ2) is 5.81. The van der Waals surface area contributed by atoms with Crippen LogP contribution in [0.3, 0.4) is 0 Å². The van der Waals surface area contributed by atoms with Crippen LogP contribution in [-0.2, 0) is 0 Å². The van der Waals surface area contributed by atoms with E-state index in [4.69, 9.17) is 0 Å². The van der Waals surface area contributed by atoms with Crippen molar-refractivity contribution in [3.05, 3.63) is 11.8 Å². The molecule has 0 spiro atoms. The van der Waals surface area contributed by atoms with Crippen LogP contribution in [0, 0.1) is 0 Å². The molecule has 0 fully saturated rings. The first-order valence-electron chi connectivity index (χ1n) is 4.50. The van der Waals surface area contributed by atoms with Crippen LogP contribution in [0.4, 0.5) is 0 Å². The van der Waals surface area contributed by atoms with Gasteiger partial charge in [-0.2, -0.15) is 0 Å². The zero-order chi connectivity index (χ0) is 9.56. The van der Waals surface area contributed by atoms with E-state index < -0.39 is 0 Å². The first kappa shape index (κ1) is 11.2. The highest BCUT2D eigenvalue weighted by molar-refractivity contribution is 5.93. The fourth-order valence-corrected chi connectivity index (χ4v) is 0.862. The summed E-state index contributed by atoms with van der Waals surface area (Å²) in [5.41, 5.74) is 2.25. The molecule has 1 N–H and O–H groups in total. The molecule has 0 bridgehead atoms. The summed E-state index contributed by atoms with van der Waals surface area (Å²) >= 11 is 0. The predicted molar refractivity (Wildman–Crippen MR) is 55.7 cm³/mol. The number of allylic oxidation sites excluding steroid dienone is 2. The Morgan fingerprint density at radius 3 is 2.50 bits per heavy atom. The van der Waals surface area contributed by atoms with E-state index in [0.29, 0.717) is 6.04 Å². The third-order valence-electron chi connectivity index (χ3n) is 1.83. The molecule has 1 atom stereocenters. The Morgan fingerprint density at radius 1 is 1.50 bits per heavy atom. The molecule has 0 aromatic heterocycles. The Balaban J connectivity index is 4.18. The molecule has 12 heavy (non-hydrogen) atoms. The van der Waals surface area contributed by atoms with E-state index in [1.165, 1.54) is 0 Å². The van der Waals surface area contributed by atoms with Crippen LogP contribution < -0.4 is 5.32 Å². The fourth-order valence-electron chi connectivity index (χ4n) is 0.862. The van der Waals surface area contributed by atoms with Gasteiger partial charge in [-0.3, -0.25) is 4.99 Å². The third kappa shape index (κ3) is 4.94. The van der Waals surface area contributed by atoms with Crippen LogP contribution in [0.25, 0.3) is 0 Å². The molecule has 1 unspecified atom stereocenters. The van der Waals surface area contributed by atoms with Crippen LogP contribution in [-0.4, -0.2) is 18.8 Å². The minimum absolute atomic E-state index is 0.436. The van der Waals surface area contributed by atoms with Crippen molar-refractivity contribution in [2.75, 3.05) is 7.05 Å². The lowest BCUT2D eigenvalue weighted by molar-refractivity contribution is 0.717. The van der Waals surface area contributed by atoms with E-state index in [1.807, 2.05) is 20.9 Å². The van der Waals surface area contributed by atoms with Gasteiger partial charge < -0.3 is 5.32 Å². The Bertz CT molecular complexity index is 180. The van der Waals surface area contributed by atoms with Crippen molar-refractivity contribution in [1.82, 2.24) is 5.32 Å². The average Bonchev–Trinajstić information content (AvgIpc) is 2.03. The van der Waals surface area contributed by atoms with Crippen LogP contribution >= 0.6 is 0 Å². The Hall–Kier alpha value is -0.790. The van der Waals surface area contributed by atoms with Gasteiger partial charge in [0.05, 0.1) is 0 Å². The van der Waals surface area contributed by atoms with Gasteiger partial charge in [-0.1, -0.05) is 6.92 Å². The summed E-state index contributed by atoms with van der Waals surface area (Å²) in [6.07, 6.45) is 3.16. The standard InChI is InChI=1S/C10H20N2/c1-6-8(2)12-10(4)7-9(3)11-5/h7-8,11H,6H2,1-5H3. The molecule has 0 saturated heterocycles. The molecule has 0 heterocycles. The van der Waals surface area contributed by atoms with E-state index in [0.717, 1.165) is 17.8 Å². The van der Waals surface area contributed by atoms with Gasteiger partial charge in [0.15, 0.2) is 0 Å². The number of hydrogen-bond donors (Lipinski definition) is 1. The molecule has 2 heteroatoms. The van der Waals surface area contributed by atoms with Gasteiger partial charge in [-0.05, 0) is 33.3 Å². The maximum Gasteiger partial charge on any atom is 0.0472 e. The van der Waals surface area contributed by atoms with E-state index in [2.05, 4.69) is 30.2 Å². The summed E-state index contributed by atoms with van der Waals surface area (Å²) in [6.45, 7) is 8.35. The Morgan fingerprint density at radius 2 is 2.08 bits per heavy atom. The van der Waals surface area contributed by atoms with Crippen molar-refractivity contribution in [2.45, 2.75) is 40.2 Å². The van der Waals surface area contributed by atoms with Crippen molar-refractivity contribution in [2.24, 2.45) is 4.99 Å². The van der Waals surface area contributed by atoms with Gasteiger partial charge in [0.25, 0.3) is 0 Å². The van der Waals surface area contributed by atoms with Gasteiger partial charge in [-0.25, -0.2) is 0 Å². The number of nitrogens with zero attached hydrogens (tertiary/aromatic N) is 1. The molecule has 0 aliphatic rings. The van der Waals surface area contributed by atoms with Crippen LogP contribution in [0.15, 0.2) is 16.8 Å². The van der Waals surface area contributed by atoms with Gasteiger partial charge in [0.1, 0.15) is 0 Å². The maximum absolute atomic E-state index is 4.48. The highest BCUT2D eigenvalue weighted by Crippen LogP contribution is 1.97. The summed E-state index contributed by atoms with van der Waals surface area (Å²) in [5, 5.41) is 3.07. The summed E-state index contributed by atoms with van der Waals surface area (Å²) in [6, 6.07) is 0.436. The summed E-state index contributed by atoms with van der Waals surface area (Å²) in [7, 11) is 1.92. The molecule has 0 rings (SSSR count). The predicted octanol–water partition coefficient (Wildman–Crippen LogP) is 2.37. The van der Waals surface area contributed by atoms with Crippen LogP contribution in [0.5, 0.6) is 0 Å². The van der Waals surface area contributed by atoms with Crippen LogP contribution in [0.2, 0.25) is 0 Å². The molecule has 0 aromatic carbocycles. The minimum Gasteiger partial charge on any atom is -0.392 e. The van der Waals surface area contributed by atoms with E-state index in [-0.39, 0.29) is 0 Å². The quantitative estimate of drug-likeness (QED) is 0.640. The maximum atomic E-state index is 4.48. The number of hydrogen-bond acceptors (Lipinski definition) is 2. The van der Waals surface area contributed by atoms with E-state index in [9.17, 15) is 0 Å². The van der Waals surface area contributed by atoms with Crippen molar-refractivity contribution in [3.8, 4) is 0 Å². The zero-order valence-electron chi connectivity index (χ0n) is 8.81. The summed E-state index contributed by atoms with van der Waals surface area (Å²) < 4.78 is 0. The van der Waals surface area contributed by atoms with Crippen LogP contribution in [0.1, 0.15) is 34.1 Å². The summed E-state index contributed by atoms with van der Waals surface area (Å²) in [5.74, 6) is 0. The lowest BCUT2D eigenvalue weighted by Crippen LogP contribution is -2.05. The van der Waals surface area contributed by atoms with Gasteiger partial charge in [0.2, 0.25) is 0 Å². The highest BCUT2D eigenvalue weighted by Gasteiger charge is 1.94. The smallest absolute Gasteiger partial charge is 0.0472 e. The summed E-state index contributed by atoms with van der Waals surface area (Å²) in [4.78, 5) is 4.48. The molecule has 0 aromatic rings. The van der Waals surface area contributed by atoms with Gasteiger partial charge >= 0.3 is 0 Å². The number of aliphatic imine (C=N–C) groups is 1. The number of rotatable bonds is 4. The van der Waals surface area contributed by atoms with Gasteiger partial charge in [0, 0.05) is 24.5 Å². The van der Waals surface area contributed by atoms with E-state index in [1.54, 1.807) is 0 Å². The molecule has 2 nitrogen and oxygen atoms in total. The SMILES string of the molecule is CCC(C)N=C(C)C=C(C)NC. The highest BCUT2D eigenvalue weighted by atomic mass is 14.8. The first-order chi connectivity index (χ1) is 5.60. The Labute approximate surface area is 75.8 Å². The average molecular weight is 168 g/mol. The zero-order valence-corrected chi connectivity index (χ0v) is 8.81. The van der Waals surface area contributed by atoms with Crippen molar-refractivity contribution >= 4 is 5.71 Å². The fraction of sp³-hybridized carbons (Fsp3) is 0.700. The molecule has 0 aliphatic carbocycles. The molecule has 0 amide bonds. The second-order valence-electron chi connectivity index (χ2n) is 3.11. The number of nitrogens with one attached hydrogen (secondary N) is 1. The monoisotopic (exact) mass is 168 g/mol. The molecular weight excluding hydrogens is 148 g/mol. The lowest BCUT2D eigenvalue weighted by Gasteiger charge is -2.03.